The van der Waals surface area contributed by atoms with Crippen LogP contribution in [0.25, 0.3) is 22.3 Å². The van der Waals surface area contributed by atoms with Gasteiger partial charge in [-0.25, -0.2) is 9.97 Å². The highest BCUT2D eigenvalue weighted by atomic mass is 16.5. The van der Waals surface area contributed by atoms with E-state index in [1.54, 1.807) is 7.11 Å². The second-order valence-electron chi connectivity index (χ2n) is 10.5. The number of hydrogen-bond acceptors (Lipinski definition) is 6. The lowest BCUT2D eigenvalue weighted by Crippen LogP contribution is -2.35. The Balaban J connectivity index is 1.22. The van der Waals surface area contributed by atoms with Crippen LogP contribution in [0.15, 0.2) is 66.7 Å². The Bertz CT molecular complexity index is 1440. The average molecular weight is 524 g/mol. The number of fused-ring (bicyclic) bond motifs is 1. The van der Waals surface area contributed by atoms with Crippen molar-refractivity contribution in [2.75, 3.05) is 26.7 Å². The van der Waals surface area contributed by atoms with Gasteiger partial charge < -0.3 is 14.4 Å². The summed E-state index contributed by atoms with van der Waals surface area (Å²) in [4.78, 5) is 24.7. The second-order valence-corrected chi connectivity index (χ2v) is 10.5. The number of piperidine rings is 1. The number of esters is 1. The van der Waals surface area contributed by atoms with E-state index in [0.717, 1.165) is 83.8 Å². The van der Waals surface area contributed by atoms with E-state index in [2.05, 4.69) is 55.1 Å². The molecule has 1 unspecified atom stereocenters. The fourth-order valence-electron chi connectivity index (χ4n) is 5.56. The van der Waals surface area contributed by atoms with E-state index < -0.39 is 0 Å². The summed E-state index contributed by atoms with van der Waals surface area (Å²) in [6.45, 7) is 7.40. The van der Waals surface area contributed by atoms with Gasteiger partial charge in [-0.15, -0.1) is 0 Å². The molecule has 4 aromatic rings. The van der Waals surface area contributed by atoms with E-state index in [-0.39, 0.29) is 5.97 Å². The van der Waals surface area contributed by atoms with E-state index >= 15 is 0 Å². The van der Waals surface area contributed by atoms with Crippen LogP contribution in [0.3, 0.4) is 0 Å². The van der Waals surface area contributed by atoms with Gasteiger partial charge in [-0.2, -0.15) is 0 Å². The number of carbonyl (C=O) groups excluding carboxylic acids is 1. The molecule has 0 amide bonds. The number of likely N-dealkylation sites (tertiary alicyclic amines) is 1. The van der Waals surface area contributed by atoms with Gasteiger partial charge in [0.05, 0.1) is 12.8 Å². The number of benzene rings is 2. The Morgan fingerprint density at radius 2 is 1.85 bits per heavy atom. The molecule has 1 aliphatic rings. The molecular formula is C33H37N3O3. The predicted octanol–water partition coefficient (Wildman–Crippen LogP) is 6.63. The lowest BCUT2D eigenvalue weighted by Gasteiger charge is -2.32. The van der Waals surface area contributed by atoms with Gasteiger partial charge in [0, 0.05) is 35.5 Å². The molecule has 39 heavy (non-hydrogen) atoms. The molecule has 3 heterocycles. The van der Waals surface area contributed by atoms with Gasteiger partial charge in [0.1, 0.15) is 12.4 Å². The molecule has 1 saturated heterocycles. The van der Waals surface area contributed by atoms with Crippen molar-refractivity contribution in [3.8, 4) is 17.0 Å². The van der Waals surface area contributed by atoms with E-state index in [1.165, 1.54) is 5.56 Å². The summed E-state index contributed by atoms with van der Waals surface area (Å²) in [6, 6.07) is 22.5. The van der Waals surface area contributed by atoms with Crippen LogP contribution in [-0.4, -0.2) is 47.6 Å². The summed E-state index contributed by atoms with van der Waals surface area (Å²) < 4.78 is 11.1. The molecule has 5 rings (SSSR count). The molecule has 202 valence electrons. The standard InChI is InChI=1S/C33H37N3O3/c1-23-19-24(2)32(30(20-23)38-3)29-16-14-26-13-15-28(34-33(26)35-29)27-11-7-17-36(21-27)18-8-12-31(37)39-22-25-9-5-4-6-10-25/h4-6,9-10,13-16,19-20,27H,7-8,11-12,17-18,21-22H2,1-3H3. The Hall–Kier alpha value is -3.77. The molecule has 0 radical (unpaired) electrons. The van der Waals surface area contributed by atoms with Crippen molar-refractivity contribution in [3.63, 3.8) is 0 Å². The number of methoxy groups -OCH3 is 1. The number of carbonyl (C=O) groups is 1. The molecule has 6 nitrogen and oxygen atoms in total. The van der Waals surface area contributed by atoms with Gasteiger partial charge >= 0.3 is 5.97 Å². The first kappa shape index (κ1) is 26.8. The highest BCUT2D eigenvalue weighted by Gasteiger charge is 2.23. The van der Waals surface area contributed by atoms with Gasteiger partial charge in [-0.1, -0.05) is 36.4 Å². The van der Waals surface area contributed by atoms with E-state index in [1.807, 2.05) is 30.3 Å². The van der Waals surface area contributed by atoms with Gasteiger partial charge in [-0.3, -0.25) is 4.79 Å². The van der Waals surface area contributed by atoms with Crippen LogP contribution < -0.4 is 4.74 Å². The Kier molecular flexibility index (Phi) is 8.52. The third-order valence-electron chi connectivity index (χ3n) is 7.52. The molecule has 1 fully saturated rings. The van der Waals surface area contributed by atoms with Crippen molar-refractivity contribution < 1.29 is 14.3 Å². The number of pyridine rings is 2. The average Bonchev–Trinajstić information content (AvgIpc) is 2.96. The van der Waals surface area contributed by atoms with Crippen LogP contribution in [-0.2, 0) is 16.1 Å². The molecule has 2 aromatic heterocycles. The zero-order valence-electron chi connectivity index (χ0n) is 23.2. The first-order valence-corrected chi connectivity index (χ1v) is 13.9. The van der Waals surface area contributed by atoms with Crippen LogP contribution in [0.1, 0.15) is 54.0 Å². The SMILES string of the molecule is COc1cc(C)cc(C)c1-c1ccc2ccc(C3CCCN(CCCC(=O)OCc4ccccc4)C3)nc2n1. The number of nitrogens with zero attached hydrogens (tertiary/aromatic N) is 3. The smallest absolute Gasteiger partial charge is 0.306 e. The molecule has 0 spiro atoms. The van der Waals surface area contributed by atoms with Crippen molar-refractivity contribution in [1.82, 2.24) is 14.9 Å². The van der Waals surface area contributed by atoms with Crippen LogP contribution in [0.2, 0.25) is 0 Å². The van der Waals surface area contributed by atoms with Crippen LogP contribution in [0.4, 0.5) is 0 Å². The predicted molar refractivity (Wildman–Crippen MR) is 155 cm³/mol. The lowest BCUT2D eigenvalue weighted by molar-refractivity contribution is -0.145. The monoisotopic (exact) mass is 523 g/mol. The maximum Gasteiger partial charge on any atom is 0.306 e. The molecule has 0 aliphatic carbocycles. The quantitative estimate of drug-likeness (QED) is 0.230. The van der Waals surface area contributed by atoms with E-state index in [9.17, 15) is 4.79 Å². The Labute approximate surface area is 231 Å². The normalized spacial score (nSPS) is 15.8. The van der Waals surface area contributed by atoms with Crippen LogP contribution >= 0.6 is 0 Å². The topological polar surface area (TPSA) is 64.5 Å². The van der Waals surface area contributed by atoms with Gasteiger partial charge in [0.2, 0.25) is 0 Å². The number of ether oxygens (including phenoxy) is 2. The Morgan fingerprint density at radius 3 is 2.67 bits per heavy atom. The molecule has 0 bridgehead atoms. The minimum absolute atomic E-state index is 0.133. The lowest BCUT2D eigenvalue weighted by atomic mass is 9.93. The van der Waals surface area contributed by atoms with Crippen molar-refractivity contribution in [2.45, 2.75) is 52.1 Å². The van der Waals surface area contributed by atoms with Gasteiger partial charge in [0.15, 0.2) is 5.65 Å². The number of hydrogen-bond donors (Lipinski definition) is 0. The number of rotatable bonds is 9. The number of aryl methyl sites for hydroxylation is 2. The molecule has 1 aliphatic heterocycles. The molecule has 2 aromatic carbocycles. The third-order valence-corrected chi connectivity index (χ3v) is 7.52. The third kappa shape index (κ3) is 6.63. The van der Waals surface area contributed by atoms with Gasteiger partial charge in [-0.05, 0) is 93.2 Å². The highest BCUT2D eigenvalue weighted by molar-refractivity contribution is 5.81. The molecule has 0 saturated carbocycles. The summed E-state index contributed by atoms with van der Waals surface area (Å²) >= 11 is 0. The summed E-state index contributed by atoms with van der Waals surface area (Å²) in [5.41, 5.74) is 7.08. The zero-order chi connectivity index (χ0) is 27.2. The first-order valence-electron chi connectivity index (χ1n) is 13.9. The summed E-state index contributed by atoms with van der Waals surface area (Å²) in [5, 5.41) is 1.04. The summed E-state index contributed by atoms with van der Waals surface area (Å²) in [5.74, 6) is 1.06. The van der Waals surface area contributed by atoms with Crippen molar-refractivity contribution in [3.05, 3.63) is 89.1 Å². The Morgan fingerprint density at radius 1 is 1.03 bits per heavy atom. The summed E-state index contributed by atoms with van der Waals surface area (Å²) in [6.07, 6.45) is 3.47. The van der Waals surface area contributed by atoms with Crippen LogP contribution in [0, 0.1) is 13.8 Å². The molecule has 6 heteroatoms. The van der Waals surface area contributed by atoms with Crippen molar-refractivity contribution >= 4 is 17.0 Å². The van der Waals surface area contributed by atoms with Crippen molar-refractivity contribution in [2.24, 2.45) is 0 Å². The van der Waals surface area contributed by atoms with Gasteiger partial charge in [0.25, 0.3) is 0 Å². The minimum Gasteiger partial charge on any atom is -0.496 e. The second kappa shape index (κ2) is 12.4. The fraction of sp³-hybridized carbons (Fsp3) is 0.364. The molecular weight excluding hydrogens is 486 g/mol. The summed E-state index contributed by atoms with van der Waals surface area (Å²) in [7, 11) is 1.71. The number of aromatic nitrogens is 2. The fourth-order valence-corrected chi connectivity index (χ4v) is 5.56. The maximum atomic E-state index is 12.2. The minimum atomic E-state index is -0.133. The largest absolute Gasteiger partial charge is 0.496 e. The van der Waals surface area contributed by atoms with Crippen LogP contribution in [0.5, 0.6) is 5.75 Å². The van der Waals surface area contributed by atoms with Crippen molar-refractivity contribution in [1.29, 1.82) is 0 Å². The highest BCUT2D eigenvalue weighted by Crippen LogP contribution is 2.34. The molecule has 0 N–H and O–H groups in total. The first-order chi connectivity index (χ1) is 19.0. The maximum absolute atomic E-state index is 12.2. The van der Waals surface area contributed by atoms with E-state index in [0.29, 0.717) is 18.9 Å². The zero-order valence-corrected chi connectivity index (χ0v) is 23.2. The van der Waals surface area contributed by atoms with E-state index in [4.69, 9.17) is 19.4 Å². The molecule has 1 atom stereocenters.